The molecule has 0 aliphatic heterocycles. The first-order chi connectivity index (χ1) is 12.6. The Morgan fingerprint density at radius 2 is 1.96 bits per heavy atom. The maximum atomic E-state index is 13.0. The van der Waals surface area contributed by atoms with Gasteiger partial charge in [0, 0.05) is 18.2 Å². The summed E-state index contributed by atoms with van der Waals surface area (Å²) in [6, 6.07) is 7.52. The van der Waals surface area contributed by atoms with Crippen LogP contribution in [0.1, 0.15) is 53.4 Å². The van der Waals surface area contributed by atoms with Gasteiger partial charge < -0.3 is 14.8 Å². The fraction of sp³-hybridized carbons (Fsp3) is 0.524. The lowest BCUT2D eigenvalue weighted by atomic mass is 9.96. The second-order valence-electron chi connectivity index (χ2n) is 6.52. The van der Waals surface area contributed by atoms with E-state index in [0.29, 0.717) is 19.6 Å². The van der Waals surface area contributed by atoms with Crippen LogP contribution in [0.25, 0.3) is 10.9 Å². The number of hydrogen-bond donors (Lipinski definition) is 1. The van der Waals surface area contributed by atoms with Crippen LogP contribution in [0.5, 0.6) is 5.75 Å². The molecule has 0 radical (unpaired) electrons. The minimum absolute atomic E-state index is 0.121. The highest BCUT2D eigenvalue weighted by atomic mass is 16.5. The summed E-state index contributed by atoms with van der Waals surface area (Å²) < 4.78 is 11.5. The Labute approximate surface area is 156 Å². The number of aromatic nitrogens is 1. The van der Waals surface area contributed by atoms with Gasteiger partial charge in [0.15, 0.2) is 0 Å². The number of ether oxygens (including phenoxy) is 2. The zero-order chi connectivity index (χ0) is 19.0. The Morgan fingerprint density at radius 1 is 1.15 bits per heavy atom. The number of nitrogens with zero attached hydrogens (tertiary/aromatic N) is 1. The van der Waals surface area contributed by atoms with Crippen LogP contribution in [0.3, 0.4) is 0 Å². The van der Waals surface area contributed by atoms with Crippen molar-refractivity contribution in [3.05, 3.63) is 30.5 Å². The zero-order valence-corrected chi connectivity index (χ0v) is 16.3. The van der Waals surface area contributed by atoms with Crippen LogP contribution in [0.15, 0.2) is 30.5 Å². The van der Waals surface area contributed by atoms with Crippen molar-refractivity contribution in [2.75, 3.05) is 18.5 Å². The molecule has 142 valence electrons. The molecule has 0 aliphatic rings. The SMILES string of the molecule is CCCCC[C@](C)(OCC)C(=O)Nc1ccc(OCC)c2ncccc12. The summed E-state index contributed by atoms with van der Waals surface area (Å²) in [4.78, 5) is 17.4. The van der Waals surface area contributed by atoms with Crippen LogP contribution in [0, 0.1) is 0 Å². The Bertz CT molecular complexity index is 732. The lowest BCUT2D eigenvalue weighted by Gasteiger charge is -2.28. The first-order valence-corrected chi connectivity index (χ1v) is 9.51. The van der Waals surface area contributed by atoms with E-state index in [1.165, 1.54) is 0 Å². The van der Waals surface area contributed by atoms with E-state index in [0.717, 1.165) is 41.6 Å². The molecular formula is C21H30N2O3. The van der Waals surface area contributed by atoms with Crippen LogP contribution < -0.4 is 10.1 Å². The molecule has 0 saturated heterocycles. The highest BCUT2D eigenvalue weighted by Crippen LogP contribution is 2.31. The monoisotopic (exact) mass is 358 g/mol. The van der Waals surface area contributed by atoms with Crippen molar-refractivity contribution in [2.24, 2.45) is 0 Å². The molecule has 5 heteroatoms. The van der Waals surface area contributed by atoms with Crippen molar-refractivity contribution in [2.45, 2.75) is 59.0 Å². The van der Waals surface area contributed by atoms with E-state index >= 15 is 0 Å². The summed E-state index contributed by atoms with van der Waals surface area (Å²) in [5.41, 5.74) is 0.635. The lowest BCUT2D eigenvalue weighted by Crippen LogP contribution is -2.42. The van der Waals surface area contributed by atoms with E-state index in [1.807, 2.05) is 45.0 Å². The van der Waals surface area contributed by atoms with Crippen molar-refractivity contribution < 1.29 is 14.3 Å². The molecule has 5 nitrogen and oxygen atoms in total. The Hall–Kier alpha value is -2.14. The van der Waals surface area contributed by atoms with Crippen molar-refractivity contribution in [3.63, 3.8) is 0 Å². The first-order valence-electron chi connectivity index (χ1n) is 9.51. The first kappa shape index (κ1) is 20.2. The zero-order valence-electron chi connectivity index (χ0n) is 16.3. The van der Waals surface area contributed by atoms with Gasteiger partial charge in [0.2, 0.25) is 0 Å². The molecule has 0 saturated carbocycles. The Balaban J connectivity index is 2.28. The summed E-state index contributed by atoms with van der Waals surface area (Å²) in [5, 5.41) is 3.91. The summed E-state index contributed by atoms with van der Waals surface area (Å²) >= 11 is 0. The average Bonchev–Trinajstić information content (AvgIpc) is 2.64. The number of anilines is 1. The quantitative estimate of drug-likeness (QED) is 0.611. The van der Waals surface area contributed by atoms with E-state index in [2.05, 4.69) is 17.2 Å². The second-order valence-corrected chi connectivity index (χ2v) is 6.52. The third-order valence-electron chi connectivity index (χ3n) is 4.48. The van der Waals surface area contributed by atoms with E-state index < -0.39 is 5.60 Å². The highest BCUT2D eigenvalue weighted by molar-refractivity contribution is 6.05. The van der Waals surface area contributed by atoms with Crippen LogP contribution in [0.4, 0.5) is 5.69 Å². The minimum Gasteiger partial charge on any atom is -0.492 e. The van der Waals surface area contributed by atoms with Gasteiger partial charge in [0.05, 0.1) is 12.3 Å². The second kappa shape index (κ2) is 9.53. The van der Waals surface area contributed by atoms with Gasteiger partial charge in [-0.15, -0.1) is 0 Å². The number of amides is 1. The minimum atomic E-state index is -0.836. The molecule has 26 heavy (non-hydrogen) atoms. The van der Waals surface area contributed by atoms with Gasteiger partial charge in [-0.05, 0) is 51.5 Å². The molecule has 2 aromatic rings. The third kappa shape index (κ3) is 4.73. The van der Waals surface area contributed by atoms with E-state index in [4.69, 9.17) is 9.47 Å². The van der Waals surface area contributed by atoms with Crippen molar-refractivity contribution in [3.8, 4) is 5.75 Å². The molecule has 1 atom stereocenters. The van der Waals surface area contributed by atoms with Gasteiger partial charge in [-0.25, -0.2) is 0 Å². The maximum Gasteiger partial charge on any atom is 0.256 e. The summed E-state index contributed by atoms with van der Waals surface area (Å²) in [5.74, 6) is 0.599. The highest BCUT2D eigenvalue weighted by Gasteiger charge is 2.33. The fourth-order valence-corrected chi connectivity index (χ4v) is 3.06. The van der Waals surface area contributed by atoms with Gasteiger partial charge >= 0.3 is 0 Å². The molecule has 0 unspecified atom stereocenters. The fourth-order valence-electron chi connectivity index (χ4n) is 3.06. The number of pyridine rings is 1. The number of carbonyl (C=O) groups excluding carboxylic acids is 1. The molecule has 0 spiro atoms. The maximum absolute atomic E-state index is 13.0. The van der Waals surface area contributed by atoms with Crippen molar-refractivity contribution in [1.29, 1.82) is 0 Å². The van der Waals surface area contributed by atoms with Gasteiger partial charge in [-0.1, -0.05) is 26.2 Å². The van der Waals surface area contributed by atoms with Gasteiger partial charge in [-0.2, -0.15) is 0 Å². The topological polar surface area (TPSA) is 60.5 Å². The molecule has 1 N–H and O–H groups in total. The average molecular weight is 358 g/mol. The molecule has 1 heterocycles. The molecule has 2 rings (SSSR count). The molecule has 0 aliphatic carbocycles. The number of rotatable bonds is 10. The van der Waals surface area contributed by atoms with E-state index in [9.17, 15) is 4.79 Å². The number of carbonyl (C=O) groups is 1. The van der Waals surface area contributed by atoms with Gasteiger partial charge in [-0.3, -0.25) is 9.78 Å². The molecule has 1 aromatic carbocycles. The van der Waals surface area contributed by atoms with Crippen LogP contribution in [0.2, 0.25) is 0 Å². The van der Waals surface area contributed by atoms with Crippen LogP contribution in [-0.4, -0.2) is 29.7 Å². The normalized spacial score (nSPS) is 13.4. The molecule has 1 amide bonds. The van der Waals surface area contributed by atoms with E-state index in [1.54, 1.807) is 6.20 Å². The largest absolute Gasteiger partial charge is 0.492 e. The lowest BCUT2D eigenvalue weighted by molar-refractivity contribution is -0.139. The van der Waals surface area contributed by atoms with Crippen LogP contribution >= 0.6 is 0 Å². The number of nitrogens with one attached hydrogen (secondary N) is 1. The standard InChI is InChI=1S/C21H30N2O3/c1-5-8-9-14-21(4,26-7-3)20(24)23-17-12-13-18(25-6-2)19-16(17)11-10-15-22-19/h10-13,15H,5-9,14H2,1-4H3,(H,23,24)/t21-/m0/s1. The van der Waals surface area contributed by atoms with Gasteiger partial charge in [0.1, 0.15) is 16.9 Å². The summed E-state index contributed by atoms with van der Waals surface area (Å²) in [6.07, 6.45) is 5.59. The van der Waals surface area contributed by atoms with Crippen molar-refractivity contribution in [1.82, 2.24) is 4.98 Å². The summed E-state index contributed by atoms with van der Waals surface area (Å²) in [6.45, 7) is 8.95. The molecule has 1 aromatic heterocycles. The smallest absolute Gasteiger partial charge is 0.256 e. The summed E-state index contributed by atoms with van der Waals surface area (Å²) in [7, 11) is 0. The number of fused-ring (bicyclic) bond motifs is 1. The number of hydrogen-bond acceptors (Lipinski definition) is 4. The third-order valence-corrected chi connectivity index (χ3v) is 4.48. The predicted octanol–water partition coefficient (Wildman–Crippen LogP) is 4.95. The molecule has 0 bridgehead atoms. The molecular weight excluding hydrogens is 328 g/mol. The van der Waals surface area contributed by atoms with Gasteiger partial charge in [0.25, 0.3) is 5.91 Å². The van der Waals surface area contributed by atoms with Crippen LogP contribution in [-0.2, 0) is 9.53 Å². The predicted molar refractivity (Wildman–Crippen MR) is 106 cm³/mol. The Morgan fingerprint density at radius 3 is 2.65 bits per heavy atom. The number of unbranched alkanes of at least 4 members (excludes halogenated alkanes) is 2. The van der Waals surface area contributed by atoms with E-state index in [-0.39, 0.29) is 5.91 Å². The Kier molecular flexibility index (Phi) is 7.39. The molecule has 0 fully saturated rings. The van der Waals surface area contributed by atoms with Crippen molar-refractivity contribution >= 4 is 22.5 Å². The number of benzene rings is 1.